The molecule has 124 valence electrons. The van der Waals surface area contributed by atoms with Gasteiger partial charge in [0.05, 0.1) is 11.1 Å². The third-order valence-corrected chi connectivity index (χ3v) is 5.71. The van der Waals surface area contributed by atoms with Crippen LogP contribution in [0.5, 0.6) is 0 Å². The van der Waals surface area contributed by atoms with Gasteiger partial charge in [-0.2, -0.15) is 0 Å². The number of carbonyl (C=O) groups is 1. The molecule has 2 aromatic heterocycles. The van der Waals surface area contributed by atoms with Crippen LogP contribution in [0.1, 0.15) is 11.1 Å². The van der Waals surface area contributed by atoms with Gasteiger partial charge in [0.2, 0.25) is 5.91 Å². The molecule has 0 fully saturated rings. The number of anilines is 1. The lowest BCUT2D eigenvalue weighted by molar-refractivity contribution is -0.113. The molecule has 2 heterocycles. The monoisotopic (exact) mass is 359 g/mol. The van der Waals surface area contributed by atoms with Crippen LogP contribution in [-0.4, -0.2) is 21.2 Å². The van der Waals surface area contributed by atoms with Crippen LogP contribution in [0.3, 0.4) is 0 Å². The van der Waals surface area contributed by atoms with E-state index in [1.54, 1.807) is 13.1 Å². The van der Waals surface area contributed by atoms with Gasteiger partial charge in [0.25, 0.3) is 5.56 Å². The topological polar surface area (TPSA) is 64.0 Å². The molecule has 0 atom stereocenters. The zero-order valence-corrected chi connectivity index (χ0v) is 15.3. The fourth-order valence-electron chi connectivity index (χ4n) is 2.31. The molecule has 0 saturated carbocycles. The van der Waals surface area contributed by atoms with E-state index in [1.165, 1.54) is 27.7 Å². The molecule has 0 aliphatic heterocycles. The van der Waals surface area contributed by atoms with Crippen molar-refractivity contribution in [3.63, 3.8) is 0 Å². The molecule has 1 aromatic carbocycles. The van der Waals surface area contributed by atoms with E-state index >= 15 is 0 Å². The summed E-state index contributed by atoms with van der Waals surface area (Å²) in [7, 11) is 1.68. The number of nitrogens with zero attached hydrogens (tertiary/aromatic N) is 2. The average molecular weight is 359 g/mol. The highest BCUT2D eigenvalue weighted by atomic mass is 32.2. The Morgan fingerprint density at radius 1 is 1.33 bits per heavy atom. The number of benzene rings is 1. The number of fused-ring (bicyclic) bond motifs is 1. The number of rotatable bonds is 4. The first-order valence-electron chi connectivity index (χ1n) is 7.40. The molecule has 1 N–H and O–H groups in total. The van der Waals surface area contributed by atoms with Gasteiger partial charge in [-0.15, -0.1) is 11.3 Å². The Labute approximate surface area is 147 Å². The number of hydrogen-bond acceptors (Lipinski definition) is 5. The Hall–Kier alpha value is -2.12. The molecule has 3 rings (SSSR count). The Kier molecular flexibility index (Phi) is 4.73. The highest BCUT2D eigenvalue weighted by Crippen LogP contribution is 2.22. The molecule has 5 nitrogen and oxygen atoms in total. The standard InChI is InChI=1S/C17H17N3O2S2/c1-10-5-4-6-13(11(10)2)18-14(21)9-24-17-19-15-12(7-8-23-15)16(22)20(17)3/h4-8H,9H2,1-3H3,(H,18,21). The number of thiophene rings is 1. The second-order valence-corrected chi connectivity index (χ2v) is 7.32. The first-order valence-corrected chi connectivity index (χ1v) is 9.27. The molecule has 0 bridgehead atoms. The van der Waals surface area contributed by atoms with Crippen LogP contribution < -0.4 is 10.9 Å². The maximum Gasteiger partial charge on any atom is 0.262 e. The fourth-order valence-corrected chi connectivity index (χ4v) is 3.89. The molecular weight excluding hydrogens is 342 g/mol. The van der Waals surface area contributed by atoms with Gasteiger partial charge in [-0.05, 0) is 42.5 Å². The second kappa shape index (κ2) is 6.78. The van der Waals surface area contributed by atoms with Crippen molar-refractivity contribution in [2.75, 3.05) is 11.1 Å². The number of thioether (sulfide) groups is 1. The van der Waals surface area contributed by atoms with Crippen LogP contribution in [0.4, 0.5) is 5.69 Å². The summed E-state index contributed by atoms with van der Waals surface area (Å²) in [6.45, 7) is 3.99. The van der Waals surface area contributed by atoms with Crippen molar-refractivity contribution in [1.82, 2.24) is 9.55 Å². The van der Waals surface area contributed by atoms with E-state index < -0.39 is 0 Å². The van der Waals surface area contributed by atoms with Crippen LogP contribution in [0.25, 0.3) is 10.2 Å². The number of aryl methyl sites for hydroxylation is 1. The summed E-state index contributed by atoms with van der Waals surface area (Å²) in [4.78, 5) is 29.6. The van der Waals surface area contributed by atoms with E-state index in [4.69, 9.17) is 0 Å². The summed E-state index contributed by atoms with van der Waals surface area (Å²) in [5.41, 5.74) is 2.92. The first kappa shape index (κ1) is 16.7. The zero-order chi connectivity index (χ0) is 17.3. The maximum atomic E-state index is 12.2. The quantitative estimate of drug-likeness (QED) is 0.573. The predicted molar refractivity (Wildman–Crippen MR) is 100 cm³/mol. The van der Waals surface area contributed by atoms with Crippen molar-refractivity contribution in [3.8, 4) is 0 Å². The highest BCUT2D eigenvalue weighted by Gasteiger charge is 2.12. The Morgan fingerprint density at radius 3 is 2.92 bits per heavy atom. The lowest BCUT2D eigenvalue weighted by Crippen LogP contribution is -2.21. The minimum absolute atomic E-state index is 0.0845. The summed E-state index contributed by atoms with van der Waals surface area (Å²) in [5, 5.41) is 5.93. The average Bonchev–Trinajstić information content (AvgIpc) is 3.02. The van der Waals surface area contributed by atoms with E-state index in [2.05, 4.69) is 10.3 Å². The summed E-state index contributed by atoms with van der Waals surface area (Å²) in [6.07, 6.45) is 0. The van der Waals surface area contributed by atoms with Crippen molar-refractivity contribution in [2.24, 2.45) is 7.05 Å². The molecule has 1 amide bonds. The van der Waals surface area contributed by atoms with Gasteiger partial charge >= 0.3 is 0 Å². The molecular formula is C17H17N3O2S2. The van der Waals surface area contributed by atoms with E-state index in [-0.39, 0.29) is 17.2 Å². The van der Waals surface area contributed by atoms with E-state index in [0.29, 0.717) is 15.4 Å². The number of amides is 1. The van der Waals surface area contributed by atoms with Crippen molar-refractivity contribution >= 4 is 44.9 Å². The van der Waals surface area contributed by atoms with Crippen molar-refractivity contribution in [3.05, 3.63) is 51.1 Å². The normalized spacial score (nSPS) is 11.0. The SMILES string of the molecule is Cc1cccc(NC(=O)CSc2nc3sccc3c(=O)n2C)c1C. The molecule has 3 aromatic rings. The highest BCUT2D eigenvalue weighted by molar-refractivity contribution is 7.99. The molecule has 24 heavy (non-hydrogen) atoms. The summed E-state index contributed by atoms with van der Waals surface area (Å²) in [5.74, 6) is 0.0825. The maximum absolute atomic E-state index is 12.2. The summed E-state index contributed by atoms with van der Waals surface area (Å²) in [6, 6.07) is 7.59. The summed E-state index contributed by atoms with van der Waals surface area (Å²) < 4.78 is 1.49. The molecule has 0 radical (unpaired) electrons. The van der Waals surface area contributed by atoms with Gasteiger partial charge in [0.15, 0.2) is 5.16 Å². The molecule has 0 saturated heterocycles. The van der Waals surface area contributed by atoms with E-state index in [9.17, 15) is 9.59 Å². The fraction of sp³-hybridized carbons (Fsp3) is 0.235. The third kappa shape index (κ3) is 3.22. The Balaban J connectivity index is 1.74. The smallest absolute Gasteiger partial charge is 0.262 e. The Bertz CT molecular complexity index is 976. The molecule has 7 heteroatoms. The molecule has 0 aliphatic rings. The number of carbonyl (C=O) groups excluding carboxylic acids is 1. The van der Waals surface area contributed by atoms with E-state index in [1.807, 2.05) is 37.4 Å². The van der Waals surface area contributed by atoms with Crippen LogP contribution in [0, 0.1) is 13.8 Å². The first-order chi connectivity index (χ1) is 11.5. The molecule has 0 aliphatic carbocycles. The van der Waals surface area contributed by atoms with Crippen molar-refractivity contribution in [2.45, 2.75) is 19.0 Å². The lowest BCUT2D eigenvalue weighted by atomic mass is 10.1. The lowest BCUT2D eigenvalue weighted by Gasteiger charge is -2.11. The van der Waals surface area contributed by atoms with Gasteiger partial charge in [0, 0.05) is 12.7 Å². The second-order valence-electron chi connectivity index (χ2n) is 5.48. The van der Waals surface area contributed by atoms with Crippen LogP contribution in [0.15, 0.2) is 39.6 Å². The number of aromatic nitrogens is 2. The third-order valence-electron chi connectivity index (χ3n) is 3.88. The van der Waals surface area contributed by atoms with Gasteiger partial charge in [-0.1, -0.05) is 23.9 Å². The summed E-state index contributed by atoms with van der Waals surface area (Å²) >= 11 is 2.69. The number of nitrogens with one attached hydrogen (secondary N) is 1. The minimum atomic E-state index is -0.116. The Morgan fingerprint density at radius 2 is 2.12 bits per heavy atom. The minimum Gasteiger partial charge on any atom is -0.325 e. The van der Waals surface area contributed by atoms with E-state index in [0.717, 1.165) is 16.8 Å². The predicted octanol–water partition coefficient (Wildman–Crippen LogP) is 3.34. The van der Waals surface area contributed by atoms with Gasteiger partial charge in [-0.25, -0.2) is 4.98 Å². The molecule has 0 unspecified atom stereocenters. The van der Waals surface area contributed by atoms with Gasteiger partial charge in [-0.3, -0.25) is 14.2 Å². The van der Waals surface area contributed by atoms with Gasteiger partial charge < -0.3 is 5.32 Å². The largest absolute Gasteiger partial charge is 0.325 e. The number of hydrogen-bond donors (Lipinski definition) is 1. The van der Waals surface area contributed by atoms with Gasteiger partial charge in [0.1, 0.15) is 4.83 Å². The van der Waals surface area contributed by atoms with Crippen LogP contribution >= 0.6 is 23.1 Å². The van der Waals surface area contributed by atoms with Crippen LogP contribution in [-0.2, 0) is 11.8 Å². The van der Waals surface area contributed by atoms with Crippen molar-refractivity contribution < 1.29 is 4.79 Å². The van der Waals surface area contributed by atoms with Crippen LogP contribution in [0.2, 0.25) is 0 Å². The van der Waals surface area contributed by atoms with Crippen molar-refractivity contribution in [1.29, 1.82) is 0 Å². The zero-order valence-electron chi connectivity index (χ0n) is 13.6. The molecule has 0 spiro atoms.